The molecule has 0 aromatic heterocycles. The predicted octanol–water partition coefficient (Wildman–Crippen LogP) is 3.04. The minimum absolute atomic E-state index is 0.209. The van der Waals surface area contributed by atoms with E-state index in [0.717, 1.165) is 0 Å². The van der Waals surface area contributed by atoms with Crippen molar-refractivity contribution in [2.75, 3.05) is 13.6 Å². The van der Waals surface area contributed by atoms with Crippen LogP contribution >= 0.6 is 0 Å². The lowest BCUT2D eigenvalue weighted by Crippen LogP contribution is -1.99. The van der Waals surface area contributed by atoms with Gasteiger partial charge in [-0.3, -0.25) is 0 Å². The topological polar surface area (TPSA) is 55.4 Å². The van der Waals surface area contributed by atoms with Gasteiger partial charge in [0.05, 0.1) is 0 Å². The van der Waals surface area contributed by atoms with Gasteiger partial charge in [0.2, 0.25) is 13.6 Å². The summed E-state index contributed by atoms with van der Waals surface area (Å²) in [6, 6.07) is 7.02. The lowest BCUT2D eigenvalue weighted by atomic mass is 10.2. The van der Waals surface area contributed by atoms with Crippen LogP contribution in [0.2, 0.25) is 0 Å². The molecule has 0 N–H and O–H groups in total. The molecule has 3 aliphatic rings. The van der Waals surface area contributed by atoms with Gasteiger partial charge in [0, 0.05) is 24.3 Å². The molecule has 0 radical (unpaired) electrons. The van der Waals surface area contributed by atoms with E-state index >= 15 is 0 Å². The molecule has 0 amide bonds. The Morgan fingerprint density at radius 2 is 0.750 bits per heavy atom. The van der Waals surface area contributed by atoms with Gasteiger partial charge in [-0.05, 0) is 0 Å². The Morgan fingerprint density at radius 3 is 1.05 bits per heavy atom. The lowest BCUT2D eigenvalue weighted by Gasteiger charge is -2.21. The first-order chi connectivity index (χ1) is 9.87. The van der Waals surface area contributed by atoms with Gasteiger partial charge in [-0.2, -0.15) is 0 Å². The van der Waals surface area contributed by atoms with Gasteiger partial charge >= 0.3 is 0 Å². The third kappa shape index (κ3) is 1.27. The van der Waals surface area contributed by atoms with E-state index in [4.69, 9.17) is 28.4 Å². The predicted molar refractivity (Wildman–Crippen MR) is 65.3 cm³/mol. The van der Waals surface area contributed by atoms with E-state index < -0.39 is 0 Å². The Bertz CT molecular complexity index is 617. The van der Waals surface area contributed by atoms with Crippen LogP contribution in [0.4, 0.5) is 0 Å². The molecule has 0 unspecified atom stereocenters. The lowest BCUT2D eigenvalue weighted by molar-refractivity contribution is 0.173. The van der Waals surface area contributed by atoms with Crippen molar-refractivity contribution in [1.82, 2.24) is 0 Å². The van der Waals surface area contributed by atoms with Gasteiger partial charge in [0.15, 0.2) is 46.0 Å². The molecule has 2 aromatic carbocycles. The summed E-state index contributed by atoms with van der Waals surface area (Å²) in [7, 11) is 0. The molecule has 0 saturated heterocycles. The molecule has 3 aliphatic heterocycles. The second kappa shape index (κ2) is 3.41. The fourth-order valence-electron chi connectivity index (χ4n) is 2.37. The number of fused-ring (bicyclic) bond motifs is 4. The second-order valence-corrected chi connectivity index (χ2v) is 4.51. The molecular weight excluding hydrogens is 264 g/mol. The van der Waals surface area contributed by atoms with Crippen molar-refractivity contribution >= 4 is 0 Å². The van der Waals surface area contributed by atoms with E-state index in [9.17, 15) is 0 Å². The van der Waals surface area contributed by atoms with Crippen molar-refractivity contribution in [3.63, 3.8) is 0 Å². The van der Waals surface area contributed by atoms with Gasteiger partial charge in [0.25, 0.3) is 0 Å². The van der Waals surface area contributed by atoms with E-state index in [-0.39, 0.29) is 13.6 Å². The summed E-state index contributed by atoms with van der Waals surface area (Å²) < 4.78 is 33.0. The molecule has 20 heavy (non-hydrogen) atoms. The Hall–Kier alpha value is -2.76. The maximum atomic E-state index is 5.83. The highest BCUT2D eigenvalue weighted by atomic mass is 16.7. The SMILES string of the molecule is c1c2c(cc3c1Oc1cc4c(cc1O3)OCO4)OCO2. The fourth-order valence-corrected chi connectivity index (χ4v) is 2.37. The number of benzene rings is 2. The van der Waals surface area contributed by atoms with Crippen LogP contribution in [0.1, 0.15) is 0 Å². The molecule has 0 atom stereocenters. The molecule has 2 aromatic rings. The van der Waals surface area contributed by atoms with Crippen molar-refractivity contribution in [3.8, 4) is 46.0 Å². The molecule has 6 heteroatoms. The summed E-state index contributed by atoms with van der Waals surface area (Å²) in [5.41, 5.74) is 0. The molecule has 5 rings (SSSR count). The van der Waals surface area contributed by atoms with Crippen LogP contribution in [-0.2, 0) is 0 Å². The van der Waals surface area contributed by atoms with Gasteiger partial charge in [-0.15, -0.1) is 0 Å². The van der Waals surface area contributed by atoms with Crippen molar-refractivity contribution in [3.05, 3.63) is 24.3 Å². The zero-order valence-electron chi connectivity index (χ0n) is 10.2. The van der Waals surface area contributed by atoms with Crippen LogP contribution in [0, 0.1) is 0 Å². The van der Waals surface area contributed by atoms with Crippen molar-refractivity contribution in [2.24, 2.45) is 0 Å². The van der Waals surface area contributed by atoms with E-state index in [1.165, 1.54) is 0 Å². The third-order valence-corrected chi connectivity index (χ3v) is 3.32. The smallest absolute Gasteiger partial charge is 0.231 e. The van der Waals surface area contributed by atoms with Gasteiger partial charge in [-0.1, -0.05) is 0 Å². The van der Waals surface area contributed by atoms with Crippen LogP contribution in [0.25, 0.3) is 0 Å². The second-order valence-electron chi connectivity index (χ2n) is 4.51. The Labute approximate surface area is 113 Å². The first-order valence-corrected chi connectivity index (χ1v) is 6.10. The average Bonchev–Trinajstić information content (AvgIpc) is 3.07. The molecule has 0 spiro atoms. The molecule has 0 saturated carbocycles. The van der Waals surface area contributed by atoms with Gasteiger partial charge in [0.1, 0.15) is 0 Å². The van der Waals surface area contributed by atoms with E-state index in [2.05, 4.69) is 0 Å². The summed E-state index contributed by atoms with van der Waals surface area (Å²) in [5, 5.41) is 0. The quantitative estimate of drug-likeness (QED) is 0.627. The highest BCUT2D eigenvalue weighted by Gasteiger charge is 2.27. The first kappa shape index (κ1) is 10.1. The monoisotopic (exact) mass is 272 g/mol. The van der Waals surface area contributed by atoms with E-state index in [1.54, 1.807) is 24.3 Å². The van der Waals surface area contributed by atoms with Crippen LogP contribution in [-0.4, -0.2) is 13.6 Å². The van der Waals surface area contributed by atoms with Crippen LogP contribution in [0.15, 0.2) is 24.3 Å². The molecule has 3 heterocycles. The van der Waals surface area contributed by atoms with Crippen LogP contribution in [0.5, 0.6) is 46.0 Å². The highest BCUT2D eigenvalue weighted by molar-refractivity contribution is 5.64. The van der Waals surface area contributed by atoms with E-state index in [0.29, 0.717) is 46.0 Å². The Balaban J connectivity index is 1.62. The average molecular weight is 272 g/mol. The summed E-state index contributed by atoms with van der Waals surface area (Å²) in [5.74, 6) is 4.93. The Kier molecular flexibility index (Phi) is 1.72. The largest absolute Gasteiger partial charge is 0.453 e. The molecule has 0 bridgehead atoms. The van der Waals surface area contributed by atoms with Crippen LogP contribution in [0.3, 0.4) is 0 Å². The number of hydrogen-bond acceptors (Lipinski definition) is 6. The summed E-state index contributed by atoms with van der Waals surface area (Å²) in [6.45, 7) is 0.419. The Morgan fingerprint density at radius 1 is 0.450 bits per heavy atom. The van der Waals surface area contributed by atoms with Crippen molar-refractivity contribution in [1.29, 1.82) is 0 Å². The maximum Gasteiger partial charge on any atom is 0.231 e. The summed E-state index contributed by atoms with van der Waals surface area (Å²) in [6.07, 6.45) is 0. The molecule has 100 valence electrons. The van der Waals surface area contributed by atoms with Crippen molar-refractivity contribution in [2.45, 2.75) is 0 Å². The minimum Gasteiger partial charge on any atom is -0.453 e. The van der Waals surface area contributed by atoms with E-state index in [1.807, 2.05) is 0 Å². The normalized spacial score (nSPS) is 16.0. The summed E-state index contributed by atoms with van der Waals surface area (Å²) >= 11 is 0. The zero-order valence-corrected chi connectivity index (χ0v) is 10.2. The van der Waals surface area contributed by atoms with Gasteiger partial charge < -0.3 is 28.4 Å². The third-order valence-electron chi connectivity index (χ3n) is 3.32. The summed E-state index contributed by atoms with van der Waals surface area (Å²) in [4.78, 5) is 0. The van der Waals surface area contributed by atoms with Gasteiger partial charge in [-0.25, -0.2) is 0 Å². The molecule has 0 fully saturated rings. The molecule has 0 aliphatic carbocycles. The minimum atomic E-state index is 0.209. The molecular formula is C14H8O6. The van der Waals surface area contributed by atoms with Crippen molar-refractivity contribution < 1.29 is 28.4 Å². The maximum absolute atomic E-state index is 5.83. The molecule has 6 nitrogen and oxygen atoms in total. The number of hydrogen-bond donors (Lipinski definition) is 0. The number of rotatable bonds is 0. The zero-order chi connectivity index (χ0) is 13.1. The highest BCUT2D eigenvalue weighted by Crippen LogP contribution is 2.53. The van der Waals surface area contributed by atoms with Crippen LogP contribution < -0.4 is 28.4 Å². The fraction of sp³-hybridized carbons (Fsp3) is 0.143. The standard InChI is InChI=1S/C14H8O6/c1-7-8(16-5-15-7)2-12-11(1)19-13-3-9-10(18-6-17-9)4-14(13)20-12/h1-4H,5-6H2. The first-order valence-electron chi connectivity index (χ1n) is 6.10. The number of ether oxygens (including phenoxy) is 6.